The number of benzene rings is 1. The highest BCUT2D eigenvalue weighted by Gasteiger charge is 2.21. The van der Waals surface area contributed by atoms with Gasteiger partial charge in [-0.1, -0.05) is 25.1 Å². The number of para-hydroxylation sites is 1. The molecule has 2 N–H and O–H groups in total. The fourth-order valence-corrected chi connectivity index (χ4v) is 3.77. The Morgan fingerprint density at radius 1 is 1.11 bits per heavy atom. The van der Waals surface area contributed by atoms with E-state index in [4.69, 9.17) is 5.73 Å². The fraction of sp³-hybridized carbons (Fsp3) is 0.600. The Kier molecular flexibility index (Phi) is 8.66. The van der Waals surface area contributed by atoms with Gasteiger partial charge in [0.15, 0.2) is 5.96 Å². The van der Waals surface area contributed by atoms with Crippen LogP contribution in [0.4, 0.5) is 5.69 Å². The first-order valence-electron chi connectivity index (χ1n) is 9.76. The molecule has 0 saturated carbocycles. The SMILES string of the molecule is CC1CCCN(C(N)=NCCC(=O)N2CCN(c3ccccc3)CC2)C1.I. The zero-order valence-corrected chi connectivity index (χ0v) is 18.5. The van der Waals surface area contributed by atoms with Crippen LogP contribution in [0.5, 0.6) is 0 Å². The summed E-state index contributed by atoms with van der Waals surface area (Å²) in [5.41, 5.74) is 7.33. The van der Waals surface area contributed by atoms with Crippen molar-refractivity contribution in [3.8, 4) is 0 Å². The lowest BCUT2D eigenvalue weighted by molar-refractivity contribution is -0.131. The van der Waals surface area contributed by atoms with Gasteiger partial charge >= 0.3 is 0 Å². The average molecular weight is 485 g/mol. The van der Waals surface area contributed by atoms with E-state index in [1.807, 2.05) is 11.0 Å². The van der Waals surface area contributed by atoms with Crippen LogP contribution in [-0.4, -0.2) is 67.5 Å². The van der Waals surface area contributed by atoms with Gasteiger partial charge in [-0.05, 0) is 30.9 Å². The van der Waals surface area contributed by atoms with E-state index >= 15 is 0 Å². The second kappa shape index (κ2) is 10.7. The summed E-state index contributed by atoms with van der Waals surface area (Å²) >= 11 is 0. The van der Waals surface area contributed by atoms with Crippen molar-refractivity contribution >= 4 is 41.5 Å². The number of piperazine rings is 1. The Morgan fingerprint density at radius 2 is 1.81 bits per heavy atom. The third-order valence-corrected chi connectivity index (χ3v) is 5.33. The number of amides is 1. The van der Waals surface area contributed by atoms with E-state index in [1.165, 1.54) is 18.5 Å². The third-order valence-electron chi connectivity index (χ3n) is 5.33. The summed E-state index contributed by atoms with van der Waals surface area (Å²) in [6, 6.07) is 10.4. The van der Waals surface area contributed by atoms with Crippen molar-refractivity contribution in [3.63, 3.8) is 0 Å². The topological polar surface area (TPSA) is 65.2 Å². The largest absolute Gasteiger partial charge is 0.370 e. The number of nitrogens with zero attached hydrogens (tertiary/aromatic N) is 4. The highest BCUT2D eigenvalue weighted by Crippen LogP contribution is 2.16. The molecule has 1 unspecified atom stereocenters. The number of carbonyl (C=O) groups is 1. The number of nitrogens with two attached hydrogens (primary N) is 1. The van der Waals surface area contributed by atoms with Crippen molar-refractivity contribution < 1.29 is 4.79 Å². The first kappa shape index (κ1) is 21.8. The molecule has 2 aliphatic rings. The second-order valence-electron chi connectivity index (χ2n) is 7.39. The lowest BCUT2D eigenvalue weighted by Gasteiger charge is -2.36. The maximum absolute atomic E-state index is 12.4. The number of piperidine rings is 1. The number of halogens is 1. The van der Waals surface area contributed by atoms with Crippen LogP contribution in [0.2, 0.25) is 0 Å². The number of hydrogen-bond donors (Lipinski definition) is 1. The maximum atomic E-state index is 12.4. The molecule has 0 radical (unpaired) electrons. The minimum atomic E-state index is 0. The number of aliphatic imine (C=N–C) groups is 1. The Morgan fingerprint density at radius 3 is 2.48 bits per heavy atom. The van der Waals surface area contributed by atoms with Gasteiger partial charge in [-0.2, -0.15) is 0 Å². The van der Waals surface area contributed by atoms with Gasteiger partial charge in [-0.25, -0.2) is 0 Å². The van der Waals surface area contributed by atoms with E-state index in [-0.39, 0.29) is 29.9 Å². The van der Waals surface area contributed by atoms with Gasteiger partial charge in [0.05, 0.1) is 6.54 Å². The van der Waals surface area contributed by atoms with Gasteiger partial charge in [-0.3, -0.25) is 9.79 Å². The van der Waals surface area contributed by atoms with Crippen molar-refractivity contribution in [2.24, 2.45) is 16.6 Å². The second-order valence-corrected chi connectivity index (χ2v) is 7.39. The van der Waals surface area contributed by atoms with Crippen molar-refractivity contribution in [1.29, 1.82) is 0 Å². The molecule has 27 heavy (non-hydrogen) atoms. The van der Waals surface area contributed by atoms with Crippen molar-refractivity contribution in [2.45, 2.75) is 26.2 Å². The first-order valence-corrected chi connectivity index (χ1v) is 9.76. The number of hydrogen-bond acceptors (Lipinski definition) is 3. The summed E-state index contributed by atoms with van der Waals surface area (Å²) in [7, 11) is 0. The summed E-state index contributed by atoms with van der Waals surface area (Å²) in [5, 5.41) is 0. The predicted octanol–water partition coefficient (Wildman–Crippen LogP) is 2.39. The van der Waals surface area contributed by atoms with Crippen LogP contribution in [0.25, 0.3) is 0 Å². The Balaban J connectivity index is 0.00000261. The molecular weight excluding hydrogens is 453 g/mol. The van der Waals surface area contributed by atoms with E-state index in [2.05, 4.69) is 46.0 Å². The molecule has 2 aliphatic heterocycles. The lowest BCUT2D eigenvalue weighted by Crippen LogP contribution is -2.49. The molecule has 2 heterocycles. The van der Waals surface area contributed by atoms with E-state index < -0.39 is 0 Å². The van der Waals surface area contributed by atoms with Gasteiger partial charge in [0.1, 0.15) is 0 Å². The van der Waals surface area contributed by atoms with Gasteiger partial charge in [0.25, 0.3) is 0 Å². The van der Waals surface area contributed by atoms with Gasteiger partial charge < -0.3 is 20.4 Å². The minimum absolute atomic E-state index is 0. The van der Waals surface area contributed by atoms with E-state index in [0.717, 1.165) is 39.3 Å². The fourth-order valence-electron chi connectivity index (χ4n) is 3.77. The van der Waals surface area contributed by atoms with Gasteiger partial charge in [-0.15, -0.1) is 24.0 Å². The van der Waals surface area contributed by atoms with Crippen LogP contribution in [0.15, 0.2) is 35.3 Å². The van der Waals surface area contributed by atoms with Crippen molar-refractivity contribution in [1.82, 2.24) is 9.80 Å². The Bertz CT molecular complexity index is 616. The van der Waals surface area contributed by atoms with E-state index in [0.29, 0.717) is 24.8 Å². The molecule has 0 aromatic heterocycles. The Hall–Kier alpha value is -1.51. The van der Waals surface area contributed by atoms with Crippen LogP contribution in [-0.2, 0) is 4.79 Å². The average Bonchev–Trinajstić information content (AvgIpc) is 2.68. The molecule has 0 aliphatic carbocycles. The smallest absolute Gasteiger partial charge is 0.224 e. The molecule has 2 saturated heterocycles. The van der Waals surface area contributed by atoms with Gasteiger partial charge in [0, 0.05) is 51.4 Å². The van der Waals surface area contributed by atoms with Crippen molar-refractivity contribution in [2.75, 3.05) is 50.7 Å². The van der Waals surface area contributed by atoms with Crippen LogP contribution in [0.3, 0.4) is 0 Å². The molecule has 1 atom stereocenters. The molecule has 0 spiro atoms. The molecule has 1 aromatic carbocycles. The first-order chi connectivity index (χ1) is 12.6. The molecular formula is C20H32IN5O. The highest BCUT2D eigenvalue weighted by atomic mass is 127. The van der Waals surface area contributed by atoms with Crippen LogP contribution in [0, 0.1) is 5.92 Å². The standard InChI is InChI=1S/C20H31N5O.HI/c1-17-6-5-11-25(16-17)20(21)22-10-9-19(26)24-14-12-23(13-15-24)18-7-3-2-4-8-18;/h2-4,7-8,17H,5-6,9-16H2,1H3,(H2,21,22);1H. The van der Waals surface area contributed by atoms with Crippen molar-refractivity contribution in [3.05, 3.63) is 30.3 Å². The summed E-state index contributed by atoms with van der Waals surface area (Å²) in [6.07, 6.45) is 2.87. The van der Waals surface area contributed by atoms with Crippen LogP contribution < -0.4 is 10.6 Å². The van der Waals surface area contributed by atoms with Gasteiger partial charge in [0.2, 0.25) is 5.91 Å². The number of carbonyl (C=O) groups excluding carboxylic acids is 1. The quantitative estimate of drug-likeness (QED) is 0.404. The highest BCUT2D eigenvalue weighted by molar-refractivity contribution is 14.0. The summed E-state index contributed by atoms with van der Waals surface area (Å²) in [4.78, 5) is 23.3. The molecule has 2 fully saturated rings. The summed E-state index contributed by atoms with van der Waals surface area (Å²) in [5.74, 6) is 1.44. The normalized spacial score (nSPS) is 21.0. The summed E-state index contributed by atoms with van der Waals surface area (Å²) in [6.45, 7) is 8.00. The zero-order chi connectivity index (χ0) is 18.4. The number of rotatable bonds is 4. The molecule has 6 nitrogen and oxygen atoms in total. The maximum Gasteiger partial charge on any atom is 0.224 e. The summed E-state index contributed by atoms with van der Waals surface area (Å²) < 4.78 is 0. The minimum Gasteiger partial charge on any atom is -0.370 e. The molecule has 0 bridgehead atoms. The molecule has 150 valence electrons. The molecule has 3 rings (SSSR count). The van der Waals surface area contributed by atoms with Crippen LogP contribution >= 0.6 is 24.0 Å². The monoisotopic (exact) mass is 485 g/mol. The predicted molar refractivity (Wildman–Crippen MR) is 122 cm³/mol. The van der Waals surface area contributed by atoms with Crippen LogP contribution in [0.1, 0.15) is 26.2 Å². The molecule has 1 amide bonds. The Labute approximate surface area is 179 Å². The lowest BCUT2D eigenvalue weighted by atomic mass is 10.0. The number of anilines is 1. The van der Waals surface area contributed by atoms with E-state index in [1.54, 1.807) is 0 Å². The molecule has 1 aromatic rings. The zero-order valence-electron chi connectivity index (χ0n) is 16.2. The molecule has 7 heteroatoms. The number of likely N-dealkylation sites (tertiary alicyclic amines) is 1. The third kappa shape index (κ3) is 6.26. The number of guanidine groups is 1. The van der Waals surface area contributed by atoms with E-state index in [9.17, 15) is 4.79 Å².